The van der Waals surface area contributed by atoms with Gasteiger partial charge in [-0.3, -0.25) is 9.59 Å². The molecule has 5 heteroatoms. The molecule has 1 aliphatic rings. The molecule has 2 aromatic rings. The lowest BCUT2D eigenvalue weighted by atomic mass is 10.1. The highest BCUT2D eigenvalue weighted by Crippen LogP contribution is 2.29. The number of amides is 2. The van der Waals surface area contributed by atoms with Crippen LogP contribution >= 0.6 is 11.3 Å². The van der Waals surface area contributed by atoms with Gasteiger partial charge in [-0.1, -0.05) is 12.1 Å². The lowest BCUT2D eigenvalue weighted by molar-refractivity contribution is -0.127. The van der Waals surface area contributed by atoms with Crippen molar-refractivity contribution in [2.45, 2.75) is 25.4 Å². The molecule has 0 radical (unpaired) electrons. The van der Waals surface area contributed by atoms with E-state index < -0.39 is 0 Å². The summed E-state index contributed by atoms with van der Waals surface area (Å²) in [5, 5.41) is 6.71. The number of benzene rings is 1. The first-order chi connectivity index (χ1) is 11.7. The van der Waals surface area contributed by atoms with Crippen LogP contribution in [0.1, 0.15) is 34.3 Å². The molecule has 0 bridgehead atoms. The standard InChI is InChI=1S/C19H20N2O2S/c1-20-19(23)16-5-2-14(3-6-16)4-9-18(22)21(17-7-8-17)12-15-10-11-24-13-15/h2-6,9-11,13,17H,7-8,12H2,1H3,(H,20,23)/b9-4+. The number of rotatable bonds is 6. The van der Waals surface area contributed by atoms with Gasteiger partial charge in [0.1, 0.15) is 0 Å². The van der Waals surface area contributed by atoms with Crippen LogP contribution in [-0.4, -0.2) is 29.8 Å². The van der Waals surface area contributed by atoms with Gasteiger partial charge in [0.2, 0.25) is 5.91 Å². The summed E-state index contributed by atoms with van der Waals surface area (Å²) in [5.74, 6) is -0.0728. The Balaban J connectivity index is 1.65. The summed E-state index contributed by atoms with van der Waals surface area (Å²) in [6.45, 7) is 0.674. The van der Waals surface area contributed by atoms with E-state index in [2.05, 4.69) is 16.8 Å². The summed E-state index contributed by atoms with van der Waals surface area (Å²) < 4.78 is 0. The van der Waals surface area contributed by atoms with E-state index in [9.17, 15) is 9.59 Å². The Morgan fingerprint density at radius 3 is 2.58 bits per heavy atom. The summed E-state index contributed by atoms with van der Waals surface area (Å²) in [6.07, 6.45) is 5.60. The fourth-order valence-electron chi connectivity index (χ4n) is 2.51. The number of carbonyl (C=O) groups is 2. The first-order valence-electron chi connectivity index (χ1n) is 7.99. The van der Waals surface area contributed by atoms with E-state index in [0.29, 0.717) is 18.2 Å². The molecule has 1 aromatic carbocycles. The second kappa shape index (κ2) is 7.45. The number of carbonyl (C=O) groups excluding carboxylic acids is 2. The molecular weight excluding hydrogens is 320 g/mol. The van der Waals surface area contributed by atoms with E-state index in [1.54, 1.807) is 42.7 Å². The second-order valence-corrected chi connectivity index (χ2v) is 6.64. The van der Waals surface area contributed by atoms with Crippen molar-refractivity contribution in [1.29, 1.82) is 0 Å². The van der Waals surface area contributed by atoms with Crippen molar-refractivity contribution in [2.24, 2.45) is 0 Å². The van der Waals surface area contributed by atoms with Gasteiger partial charge in [0, 0.05) is 31.3 Å². The van der Waals surface area contributed by atoms with Gasteiger partial charge in [-0.15, -0.1) is 0 Å². The van der Waals surface area contributed by atoms with Crippen molar-refractivity contribution in [3.05, 3.63) is 63.9 Å². The van der Waals surface area contributed by atoms with Crippen LogP contribution in [0.25, 0.3) is 6.08 Å². The highest BCUT2D eigenvalue weighted by molar-refractivity contribution is 7.07. The summed E-state index contributed by atoms with van der Waals surface area (Å²) >= 11 is 1.65. The summed E-state index contributed by atoms with van der Waals surface area (Å²) in [5.41, 5.74) is 2.70. The molecule has 1 aliphatic carbocycles. The highest BCUT2D eigenvalue weighted by Gasteiger charge is 2.31. The monoisotopic (exact) mass is 340 g/mol. The van der Waals surface area contributed by atoms with Gasteiger partial charge < -0.3 is 10.2 Å². The molecule has 1 aromatic heterocycles. The van der Waals surface area contributed by atoms with Crippen molar-refractivity contribution in [2.75, 3.05) is 7.05 Å². The minimum absolute atomic E-state index is 0.0408. The Kier molecular flexibility index (Phi) is 5.11. The zero-order chi connectivity index (χ0) is 16.9. The van der Waals surface area contributed by atoms with Crippen molar-refractivity contribution < 1.29 is 9.59 Å². The Hall–Kier alpha value is -2.40. The molecule has 1 saturated carbocycles. The molecule has 24 heavy (non-hydrogen) atoms. The van der Waals surface area contributed by atoms with E-state index in [4.69, 9.17) is 0 Å². The minimum Gasteiger partial charge on any atom is -0.355 e. The largest absolute Gasteiger partial charge is 0.355 e. The number of nitrogens with one attached hydrogen (secondary N) is 1. The fraction of sp³-hybridized carbons (Fsp3) is 0.263. The van der Waals surface area contributed by atoms with Gasteiger partial charge in [0.25, 0.3) is 5.91 Å². The molecule has 2 amide bonds. The predicted molar refractivity (Wildman–Crippen MR) is 96.8 cm³/mol. The van der Waals surface area contributed by atoms with Crippen LogP contribution < -0.4 is 5.32 Å². The van der Waals surface area contributed by atoms with Crippen molar-refractivity contribution in [3.63, 3.8) is 0 Å². The summed E-state index contributed by atoms with van der Waals surface area (Å²) in [4.78, 5) is 26.0. The van der Waals surface area contributed by atoms with E-state index in [-0.39, 0.29) is 11.8 Å². The molecule has 1 heterocycles. The lowest BCUT2D eigenvalue weighted by Crippen LogP contribution is -2.30. The van der Waals surface area contributed by atoms with Gasteiger partial charge in [-0.2, -0.15) is 11.3 Å². The summed E-state index contributed by atoms with van der Waals surface area (Å²) in [6, 6.07) is 9.63. The van der Waals surface area contributed by atoms with Gasteiger partial charge in [-0.25, -0.2) is 0 Å². The third-order valence-electron chi connectivity index (χ3n) is 4.02. The molecule has 0 saturated heterocycles. The van der Waals surface area contributed by atoms with Crippen molar-refractivity contribution >= 4 is 29.2 Å². The average molecular weight is 340 g/mol. The zero-order valence-electron chi connectivity index (χ0n) is 13.6. The Morgan fingerprint density at radius 1 is 1.25 bits per heavy atom. The summed E-state index contributed by atoms with van der Waals surface area (Å²) in [7, 11) is 1.61. The maximum atomic E-state index is 12.5. The molecule has 4 nitrogen and oxygen atoms in total. The lowest BCUT2D eigenvalue weighted by Gasteiger charge is -2.20. The third-order valence-corrected chi connectivity index (χ3v) is 4.75. The fourth-order valence-corrected chi connectivity index (χ4v) is 3.17. The zero-order valence-corrected chi connectivity index (χ0v) is 14.4. The van der Waals surface area contributed by atoms with Crippen LogP contribution in [0, 0.1) is 0 Å². The normalized spacial score (nSPS) is 13.9. The average Bonchev–Trinajstić information content (AvgIpc) is 3.33. The van der Waals surface area contributed by atoms with E-state index in [1.807, 2.05) is 22.4 Å². The minimum atomic E-state index is -0.114. The van der Waals surface area contributed by atoms with Crippen LogP contribution in [0.5, 0.6) is 0 Å². The van der Waals surface area contributed by atoms with Crippen LogP contribution in [0.15, 0.2) is 47.2 Å². The van der Waals surface area contributed by atoms with E-state index in [0.717, 1.165) is 18.4 Å². The van der Waals surface area contributed by atoms with Crippen LogP contribution in [0.2, 0.25) is 0 Å². The van der Waals surface area contributed by atoms with Crippen LogP contribution in [0.3, 0.4) is 0 Å². The molecule has 3 rings (SSSR count). The number of hydrogen-bond acceptors (Lipinski definition) is 3. The number of nitrogens with zero attached hydrogens (tertiary/aromatic N) is 1. The van der Waals surface area contributed by atoms with Gasteiger partial charge in [-0.05, 0) is 59.0 Å². The topological polar surface area (TPSA) is 49.4 Å². The third kappa shape index (κ3) is 4.11. The predicted octanol–water partition coefficient (Wildman–Crippen LogP) is 3.31. The van der Waals surface area contributed by atoms with E-state index in [1.165, 1.54) is 5.56 Å². The van der Waals surface area contributed by atoms with Gasteiger partial charge in [0.05, 0.1) is 0 Å². The quantitative estimate of drug-likeness (QED) is 0.820. The maximum absolute atomic E-state index is 12.5. The molecule has 0 unspecified atom stereocenters. The highest BCUT2D eigenvalue weighted by atomic mass is 32.1. The van der Waals surface area contributed by atoms with Crippen molar-refractivity contribution in [1.82, 2.24) is 10.2 Å². The van der Waals surface area contributed by atoms with Crippen molar-refractivity contribution in [3.8, 4) is 0 Å². The molecule has 1 fully saturated rings. The Bertz CT molecular complexity index is 731. The SMILES string of the molecule is CNC(=O)c1ccc(/C=C/C(=O)N(Cc2ccsc2)C2CC2)cc1. The first-order valence-corrected chi connectivity index (χ1v) is 8.93. The maximum Gasteiger partial charge on any atom is 0.251 e. The Morgan fingerprint density at radius 2 is 2.00 bits per heavy atom. The van der Waals surface area contributed by atoms with Crippen LogP contribution in [-0.2, 0) is 11.3 Å². The number of thiophene rings is 1. The molecule has 0 atom stereocenters. The molecule has 1 N–H and O–H groups in total. The second-order valence-electron chi connectivity index (χ2n) is 5.86. The van der Waals surface area contributed by atoms with Gasteiger partial charge >= 0.3 is 0 Å². The molecule has 0 spiro atoms. The molecule has 124 valence electrons. The molecular formula is C19H20N2O2S. The van der Waals surface area contributed by atoms with Gasteiger partial charge in [0.15, 0.2) is 0 Å². The Labute approximate surface area is 145 Å². The van der Waals surface area contributed by atoms with E-state index >= 15 is 0 Å². The molecule has 0 aliphatic heterocycles. The van der Waals surface area contributed by atoms with Crippen LogP contribution in [0.4, 0.5) is 0 Å². The number of hydrogen-bond donors (Lipinski definition) is 1. The first kappa shape index (κ1) is 16.5. The smallest absolute Gasteiger partial charge is 0.251 e.